The quantitative estimate of drug-likeness (QED) is 0.684. The summed E-state index contributed by atoms with van der Waals surface area (Å²) in [5, 5.41) is 20.4. The topological polar surface area (TPSA) is 105 Å². The lowest BCUT2D eigenvalue weighted by Gasteiger charge is -2.13. The first-order valence-corrected chi connectivity index (χ1v) is 5.44. The number of methoxy groups -OCH3 is 2. The smallest absolute Gasteiger partial charge is 0.337 e. The Morgan fingerprint density at radius 2 is 1.74 bits per heavy atom. The third kappa shape index (κ3) is 3.77. The molecule has 1 aromatic rings. The van der Waals surface area contributed by atoms with Gasteiger partial charge < -0.3 is 25.0 Å². The van der Waals surface area contributed by atoms with Crippen molar-refractivity contribution in [2.24, 2.45) is 0 Å². The number of hydrogen-bond donors (Lipinski definition) is 3. The molecule has 1 aromatic carbocycles. The number of rotatable bonds is 7. The van der Waals surface area contributed by atoms with Gasteiger partial charge in [-0.15, -0.1) is 0 Å². The predicted octanol–water partition coefficient (Wildman–Crippen LogP) is 1.29. The second kappa shape index (κ2) is 6.48. The summed E-state index contributed by atoms with van der Waals surface area (Å²) in [6.45, 7) is 0.116. The van der Waals surface area contributed by atoms with Gasteiger partial charge in [0.1, 0.15) is 0 Å². The lowest BCUT2D eigenvalue weighted by molar-refractivity contribution is -0.136. The summed E-state index contributed by atoms with van der Waals surface area (Å²) in [4.78, 5) is 21.6. The third-order valence-corrected chi connectivity index (χ3v) is 2.41. The molecule has 0 aliphatic heterocycles. The van der Waals surface area contributed by atoms with Gasteiger partial charge in [0.25, 0.3) is 0 Å². The molecule has 19 heavy (non-hydrogen) atoms. The lowest BCUT2D eigenvalue weighted by Crippen LogP contribution is -2.11. The van der Waals surface area contributed by atoms with Gasteiger partial charge in [-0.05, 0) is 0 Å². The molecule has 7 nitrogen and oxygen atoms in total. The van der Waals surface area contributed by atoms with Crippen LogP contribution in [0.15, 0.2) is 12.1 Å². The van der Waals surface area contributed by atoms with Crippen molar-refractivity contribution in [1.29, 1.82) is 0 Å². The number of anilines is 1. The van der Waals surface area contributed by atoms with Crippen molar-refractivity contribution < 1.29 is 29.3 Å². The number of carboxylic acid groups (broad SMARTS) is 2. The van der Waals surface area contributed by atoms with Crippen LogP contribution in [0.3, 0.4) is 0 Å². The van der Waals surface area contributed by atoms with Crippen molar-refractivity contribution >= 4 is 17.6 Å². The van der Waals surface area contributed by atoms with Crippen LogP contribution in [0.5, 0.6) is 11.5 Å². The molecule has 104 valence electrons. The minimum absolute atomic E-state index is 0.0111. The van der Waals surface area contributed by atoms with E-state index in [9.17, 15) is 9.59 Å². The second-order valence-corrected chi connectivity index (χ2v) is 3.63. The summed E-state index contributed by atoms with van der Waals surface area (Å²) in [5.41, 5.74) is 0.273. The summed E-state index contributed by atoms with van der Waals surface area (Å²) in [6, 6.07) is 2.79. The van der Waals surface area contributed by atoms with Crippen LogP contribution in [0.25, 0.3) is 0 Å². The summed E-state index contributed by atoms with van der Waals surface area (Å²) >= 11 is 0. The number of aromatic carboxylic acids is 1. The molecule has 0 aliphatic rings. The average Bonchev–Trinajstić information content (AvgIpc) is 2.37. The SMILES string of the molecule is COc1cc(NCCC(=O)O)c(C(=O)O)cc1OC. The molecule has 0 spiro atoms. The van der Waals surface area contributed by atoms with Crippen LogP contribution < -0.4 is 14.8 Å². The molecule has 0 atom stereocenters. The second-order valence-electron chi connectivity index (χ2n) is 3.63. The van der Waals surface area contributed by atoms with E-state index in [1.807, 2.05) is 0 Å². The number of carbonyl (C=O) groups is 2. The number of carboxylic acids is 2. The highest BCUT2D eigenvalue weighted by molar-refractivity contribution is 5.95. The van der Waals surface area contributed by atoms with E-state index >= 15 is 0 Å². The molecule has 0 aromatic heterocycles. The Kier molecular flexibility index (Phi) is 4.99. The minimum atomic E-state index is -1.14. The fourth-order valence-electron chi connectivity index (χ4n) is 1.51. The molecule has 0 radical (unpaired) electrons. The van der Waals surface area contributed by atoms with Crippen molar-refractivity contribution in [2.45, 2.75) is 6.42 Å². The van der Waals surface area contributed by atoms with Gasteiger partial charge >= 0.3 is 11.9 Å². The Bertz CT molecular complexity index is 485. The largest absolute Gasteiger partial charge is 0.493 e. The summed E-state index contributed by atoms with van der Waals surface area (Å²) in [6.07, 6.45) is -0.118. The molecule has 3 N–H and O–H groups in total. The van der Waals surface area contributed by atoms with Gasteiger partial charge in [0, 0.05) is 18.7 Å². The monoisotopic (exact) mass is 269 g/mol. The van der Waals surface area contributed by atoms with Gasteiger partial charge in [-0.2, -0.15) is 0 Å². The minimum Gasteiger partial charge on any atom is -0.493 e. The highest BCUT2D eigenvalue weighted by Crippen LogP contribution is 2.33. The fraction of sp³-hybridized carbons (Fsp3) is 0.333. The molecule has 7 heteroatoms. The summed E-state index contributed by atoms with van der Waals surface area (Å²) in [5.74, 6) is -1.45. The van der Waals surface area contributed by atoms with Crippen LogP contribution in [-0.4, -0.2) is 42.9 Å². The lowest BCUT2D eigenvalue weighted by atomic mass is 10.1. The first-order chi connectivity index (χ1) is 8.99. The van der Waals surface area contributed by atoms with Gasteiger partial charge in [0.05, 0.1) is 31.9 Å². The maximum Gasteiger partial charge on any atom is 0.337 e. The highest BCUT2D eigenvalue weighted by Gasteiger charge is 2.16. The van der Waals surface area contributed by atoms with Crippen LogP contribution >= 0.6 is 0 Å². The van der Waals surface area contributed by atoms with E-state index in [0.29, 0.717) is 11.5 Å². The van der Waals surface area contributed by atoms with E-state index in [4.69, 9.17) is 19.7 Å². The zero-order valence-electron chi connectivity index (χ0n) is 10.6. The van der Waals surface area contributed by atoms with E-state index in [1.165, 1.54) is 26.4 Å². The van der Waals surface area contributed by atoms with Gasteiger partial charge in [-0.1, -0.05) is 0 Å². The highest BCUT2D eigenvalue weighted by atomic mass is 16.5. The van der Waals surface area contributed by atoms with Crippen LogP contribution in [0.4, 0.5) is 5.69 Å². The van der Waals surface area contributed by atoms with E-state index in [1.54, 1.807) is 0 Å². The van der Waals surface area contributed by atoms with Crippen molar-refractivity contribution in [3.8, 4) is 11.5 Å². The fourth-order valence-corrected chi connectivity index (χ4v) is 1.51. The molecular formula is C12H15NO6. The zero-order chi connectivity index (χ0) is 14.4. The van der Waals surface area contributed by atoms with Crippen LogP contribution in [0, 0.1) is 0 Å². The molecule has 0 bridgehead atoms. The number of ether oxygens (including phenoxy) is 2. The Morgan fingerprint density at radius 3 is 2.21 bits per heavy atom. The molecule has 1 rings (SSSR count). The number of benzene rings is 1. The summed E-state index contributed by atoms with van der Waals surface area (Å²) in [7, 11) is 2.83. The average molecular weight is 269 g/mol. The summed E-state index contributed by atoms with van der Waals surface area (Å²) < 4.78 is 10.1. The predicted molar refractivity (Wildman–Crippen MR) is 67.2 cm³/mol. The first kappa shape index (κ1) is 14.6. The van der Waals surface area contributed by atoms with Crippen LogP contribution in [0.1, 0.15) is 16.8 Å². The Morgan fingerprint density at radius 1 is 1.16 bits per heavy atom. The zero-order valence-corrected chi connectivity index (χ0v) is 10.6. The molecule has 0 heterocycles. The standard InChI is InChI=1S/C12H15NO6/c1-18-9-5-7(12(16)17)8(6-10(9)19-2)13-4-3-11(14)15/h5-6,13H,3-4H2,1-2H3,(H,14,15)(H,16,17). The van der Waals surface area contributed by atoms with Gasteiger partial charge in [0.2, 0.25) is 0 Å². The molecule has 0 aliphatic carbocycles. The Balaban J connectivity index is 3.05. The van der Waals surface area contributed by atoms with Crippen molar-refractivity contribution in [1.82, 2.24) is 0 Å². The first-order valence-electron chi connectivity index (χ1n) is 5.44. The molecule has 0 saturated carbocycles. The number of aliphatic carboxylic acids is 1. The Hall–Kier alpha value is -2.44. The normalized spacial score (nSPS) is 9.79. The molecule has 0 amide bonds. The van der Waals surface area contributed by atoms with Crippen molar-refractivity contribution in [2.75, 3.05) is 26.1 Å². The van der Waals surface area contributed by atoms with E-state index in [2.05, 4.69) is 5.32 Å². The van der Waals surface area contributed by atoms with Crippen molar-refractivity contribution in [3.63, 3.8) is 0 Å². The molecule has 0 unspecified atom stereocenters. The van der Waals surface area contributed by atoms with E-state index in [0.717, 1.165) is 0 Å². The van der Waals surface area contributed by atoms with Gasteiger partial charge in [-0.3, -0.25) is 4.79 Å². The van der Waals surface area contributed by atoms with Crippen LogP contribution in [-0.2, 0) is 4.79 Å². The molecular weight excluding hydrogens is 254 g/mol. The maximum absolute atomic E-state index is 11.1. The van der Waals surface area contributed by atoms with Gasteiger partial charge in [0.15, 0.2) is 11.5 Å². The van der Waals surface area contributed by atoms with Gasteiger partial charge in [-0.25, -0.2) is 4.79 Å². The van der Waals surface area contributed by atoms with E-state index in [-0.39, 0.29) is 24.2 Å². The van der Waals surface area contributed by atoms with Crippen molar-refractivity contribution in [3.05, 3.63) is 17.7 Å². The van der Waals surface area contributed by atoms with E-state index < -0.39 is 11.9 Å². The number of hydrogen-bond acceptors (Lipinski definition) is 5. The number of nitrogens with one attached hydrogen (secondary N) is 1. The molecule has 0 saturated heterocycles. The third-order valence-electron chi connectivity index (χ3n) is 2.41. The maximum atomic E-state index is 11.1. The Labute approximate surface area is 109 Å². The van der Waals surface area contributed by atoms with Crippen LogP contribution in [0.2, 0.25) is 0 Å². The molecule has 0 fully saturated rings.